The molecule has 24 nitrogen and oxygen atoms in total. The minimum atomic E-state index is -1.12. The highest BCUT2D eigenvalue weighted by Crippen LogP contribution is 2.51. The van der Waals surface area contributed by atoms with Crippen molar-refractivity contribution in [3.8, 4) is 45.6 Å². The summed E-state index contributed by atoms with van der Waals surface area (Å²) in [6.07, 6.45) is 0. The van der Waals surface area contributed by atoms with Crippen LogP contribution in [0.3, 0.4) is 0 Å². The molecule has 0 amide bonds. The second-order valence-electron chi connectivity index (χ2n) is 26.4. The van der Waals surface area contributed by atoms with Crippen LogP contribution in [-0.4, -0.2) is 128 Å². The number of hydrogen-bond donors (Lipinski definition) is 10. The van der Waals surface area contributed by atoms with Crippen molar-refractivity contribution in [3.05, 3.63) is 287 Å². The van der Waals surface area contributed by atoms with Crippen molar-refractivity contribution in [2.75, 3.05) is 0 Å². The Bertz CT molecular complexity index is 6200. The predicted molar refractivity (Wildman–Crippen MR) is 456 cm³/mol. The first-order valence-electron chi connectivity index (χ1n) is 35.6. The number of aromatic nitrogens is 8. The Morgan fingerprint density at radius 1 is 0.192 bits per heavy atom. The molecule has 0 saturated heterocycles. The smallest absolute Gasteiger partial charge is 0.335 e. The Balaban J connectivity index is 0.983. The third kappa shape index (κ3) is 16.8. The van der Waals surface area contributed by atoms with Gasteiger partial charge in [0.1, 0.15) is 22.6 Å². The molecule has 0 radical (unpaired) electrons. The maximum absolute atomic E-state index is 12.2. The van der Waals surface area contributed by atoms with Crippen molar-refractivity contribution in [3.63, 3.8) is 0 Å². The van der Waals surface area contributed by atoms with Gasteiger partial charge >= 0.3 is 47.8 Å². The van der Waals surface area contributed by atoms with Crippen LogP contribution in [0.1, 0.15) is 82.9 Å². The molecule has 2 aliphatic heterocycles. The molecule has 0 saturated carbocycles. The molecule has 3 aromatic heterocycles. The third-order valence-electron chi connectivity index (χ3n) is 18.7. The molecule has 2 aliphatic rings. The third-order valence-corrected chi connectivity index (χ3v) is 27.8. The molecule has 5 heterocycles. The molecule has 32 heteroatoms. The van der Waals surface area contributed by atoms with Crippen molar-refractivity contribution in [2.45, 2.75) is 78.3 Å². The number of carboxylic acid groups (broad SMARTS) is 8. The van der Waals surface area contributed by atoms with Crippen LogP contribution in [0.25, 0.3) is 89.7 Å². The summed E-state index contributed by atoms with van der Waals surface area (Å²) < 4.78 is 0. The summed E-state index contributed by atoms with van der Waals surface area (Å²) in [6.45, 7) is 0. The fraction of sp³-hybridized carbons (Fsp3) is 0. The van der Waals surface area contributed by atoms with Crippen LogP contribution < -0.4 is 0 Å². The van der Waals surface area contributed by atoms with E-state index in [2.05, 4.69) is 9.97 Å². The van der Waals surface area contributed by atoms with E-state index in [-0.39, 0.29) is 90.4 Å². The molecule has 586 valence electrons. The number of hydrogen-bond acceptors (Lipinski definition) is 22. The van der Waals surface area contributed by atoms with Gasteiger partial charge in [-0.3, -0.25) is 0 Å². The fourth-order valence-corrected chi connectivity index (χ4v) is 20.7. The lowest BCUT2D eigenvalue weighted by Crippen LogP contribution is -1.95. The molecule has 8 bridgehead atoms. The van der Waals surface area contributed by atoms with E-state index in [1.54, 1.807) is 97.1 Å². The maximum atomic E-state index is 12.2. The van der Waals surface area contributed by atoms with Gasteiger partial charge in [0.2, 0.25) is 0 Å². The lowest BCUT2D eigenvalue weighted by Gasteiger charge is -2.13. The second kappa shape index (κ2) is 33.2. The molecule has 120 heavy (non-hydrogen) atoms. The Morgan fingerprint density at radius 2 is 0.325 bits per heavy atom. The van der Waals surface area contributed by atoms with Gasteiger partial charge in [-0.2, -0.15) is 0 Å². The van der Waals surface area contributed by atoms with Gasteiger partial charge < -0.3 is 50.8 Å². The summed E-state index contributed by atoms with van der Waals surface area (Å²) >= 11 is 10.6. The molecule has 17 rings (SSSR count). The summed E-state index contributed by atoms with van der Waals surface area (Å²) in [4.78, 5) is 148. The lowest BCUT2D eigenvalue weighted by molar-refractivity contribution is 0.0686. The molecule has 10 N–H and O–H groups in total. The zero-order valence-electron chi connectivity index (χ0n) is 60.9. The first-order chi connectivity index (χ1) is 57.9. The van der Waals surface area contributed by atoms with E-state index in [1.807, 2.05) is 48.5 Å². The maximum Gasteiger partial charge on any atom is 0.335 e. The van der Waals surface area contributed by atoms with Crippen LogP contribution in [0, 0.1) is 0 Å². The monoisotopic (exact) mass is 1730 g/mol. The van der Waals surface area contributed by atoms with Gasteiger partial charge in [-0.25, -0.2) is 68.3 Å². The number of nitrogens with one attached hydrogen (secondary N) is 2. The van der Waals surface area contributed by atoms with Gasteiger partial charge in [0.25, 0.3) is 0 Å². The Kier molecular flexibility index (Phi) is 21.8. The van der Waals surface area contributed by atoms with Gasteiger partial charge in [-0.1, -0.05) is 94.1 Å². The van der Waals surface area contributed by atoms with Gasteiger partial charge in [0.15, 0.2) is 23.3 Å². The van der Waals surface area contributed by atoms with Gasteiger partial charge in [-0.05, 0) is 243 Å². The van der Waals surface area contributed by atoms with E-state index in [1.165, 1.54) is 191 Å². The van der Waals surface area contributed by atoms with Gasteiger partial charge in [0.05, 0.1) is 44.5 Å². The van der Waals surface area contributed by atoms with Crippen molar-refractivity contribution < 1.29 is 79.2 Å². The van der Waals surface area contributed by atoms with E-state index in [9.17, 15) is 79.2 Å². The number of aromatic amines is 2. The Morgan fingerprint density at radius 3 is 0.458 bits per heavy atom. The van der Waals surface area contributed by atoms with Crippen LogP contribution in [0.5, 0.6) is 0 Å². The number of carbonyl (C=O) groups is 8. The molecular weight excluding hydrogens is 1680 g/mol. The van der Waals surface area contributed by atoms with Gasteiger partial charge in [0, 0.05) is 122 Å². The minimum Gasteiger partial charge on any atom is -0.478 e. The molecular formula is C88H50N8O16S8. The molecule has 0 fully saturated rings. The minimum absolute atomic E-state index is 0.0591. The van der Waals surface area contributed by atoms with Crippen LogP contribution in [0.2, 0.25) is 0 Å². The first kappa shape index (κ1) is 79.0. The second-order valence-corrected chi connectivity index (χ2v) is 35.4. The normalized spacial score (nSPS) is 11.5. The molecule has 0 unspecified atom stereocenters. The van der Waals surface area contributed by atoms with Crippen molar-refractivity contribution in [1.82, 2.24) is 39.9 Å². The Labute approximate surface area is 710 Å². The van der Waals surface area contributed by atoms with E-state index in [4.69, 9.17) is 29.9 Å². The van der Waals surface area contributed by atoms with Crippen LogP contribution in [-0.2, 0) is 0 Å². The van der Waals surface area contributed by atoms with Crippen molar-refractivity contribution in [1.29, 1.82) is 0 Å². The quantitative estimate of drug-likeness (QED) is 0.0269. The highest BCUT2D eigenvalue weighted by atomic mass is 32.2. The van der Waals surface area contributed by atoms with Crippen molar-refractivity contribution in [2.24, 2.45) is 0 Å². The number of fused-ring (bicyclic) bond motifs is 20. The predicted octanol–water partition coefficient (Wildman–Crippen LogP) is 21.7. The number of aromatic carboxylic acids is 8. The topological polar surface area (TPSA) is 407 Å². The summed E-state index contributed by atoms with van der Waals surface area (Å²) in [5.41, 5.74) is 3.26. The highest BCUT2D eigenvalue weighted by molar-refractivity contribution is 8.03. The van der Waals surface area contributed by atoms with E-state index in [0.717, 1.165) is 0 Å². The molecule has 15 aromatic rings. The van der Waals surface area contributed by atoms with Gasteiger partial charge in [-0.15, -0.1) is 0 Å². The van der Waals surface area contributed by atoms with E-state index >= 15 is 0 Å². The summed E-state index contributed by atoms with van der Waals surface area (Å²) in [5.74, 6) is -8.42. The number of H-pyrrole nitrogens is 2. The van der Waals surface area contributed by atoms with Crippen molar-refractivity contribution >= 4 is 186 Å². The Hall–Kier alpha value is -13.4. The average Bonchev–Trinajstić information content (AvgIpc) is 1.59. The zero-order valence-corrected chi connectivity index (χ0v) is 67.4. The number of nitrogens with zero attached hydrogens (tertiary/aromatic N) is 6. The largest absolute Gasteiger partial charge is 0.478 e. The lowest BCUT2D eigenvalue weighted by atomic mass is 10.1. The molecule has 0 spiro atoms. The van der Waals surface area contributed by atoms with E-state index < -0.39 is 47.8 Å². The van der Waals surface area contributed by atoms with Crippen LogP contribution in [0.4, 0.5) is 0 Å². The standard InChI is InChI=1S/C88H50N8O16S8/c97-81(98)41-1-17-49(18-2-41)113-65-33-57-58(34-66(65)114-50-19-3-42(4-20-50)82(99)100)74-89-73(57)93-75-59-35-67(115-51-21-5-43(6-22-51)83(101)102)68(116-52-23-7-44(8-24-52)84(103)104)36-60(59)77(90-75)95-79-63-39-71(119-55-29-13-47(14-30-55)87(109)110)72(120-56-31-15-48(16-32-56)88(111)112)40-64(63)80(92-79)96-78-62-38-70(118-54-27-11-46(12-28-54)86(107)108)69(37-61(62)76(91-78)94-74)117-53-25-9-45(10-26-53)85(105)106/h1-40H,(H,97,98)(H,99,100)(H,101,102)(H,103,104)(H,105,106)(H,107,108)(H,109,110)(H,111,112)(H2,89,90,91,92,93,94,95,96). The molecule has 0 aliphatic carbocycles. The number of carboxylic acids is 8. The summed E-state index contributed by atoms with van der Waals surface area (Å²) in [5, 5.41) is 81.9. The summed E-state index contributed by atoms with van der Waals surface area (Å²) in [7, 11) is 0. The number of rotatable bonds is 24. The SMILES string of the molecule is O=C(O)c1ccc(Sc2cc3c(cc2Sc2ccc(C(=O)O)cc2)-c2nc-3nc3[nH]c(nc4nc(nc5[nH]c(n2)c2cc(Sc6ccc(C(=O)O)cc6)c(Sc6ccc(C(=O)O)cc6)cc52)-c2cc(Sc5ccc(C(=O)O)cc5)c(Sc5ccc(C(=O)O)cc5)cc2-4)c2cc(Sc4ccc(C(=O)O)cc4)c(Sc4ccc(C(=O)O)cc4)cc32)cc1. The first-order valence-corrected chi connectivity index (χ1v) is 42.1. The zero-order chi connectivity index (χ0) is 83.3. The van der Waals surface area contributed by atoms with Crippen LogP contribution in [0.15, 0.2) is 321 Å². The summed E-state index contributed by atoms with van der Waals surface area (Å²) in [6, 6.07) is 66.2. The molecule has 0 atom stereocenters. The van der Waals surface area contributed by atoms with Crippen LogP contribution >= 0.6 is 94.1 Å². The van der Waals surface area contributed by atoms with E-state index in [0.29, 0.717) is 122 Å². The highest BCUT2D eigenvalue weighted by Gasteiger charge is 2.29. The fourth-order valence-electron chi connectivity index (χ4n) is 12.8. The number of benzene rings is 12. The average molecular weight is 1730 g/mol. The molecule has 12 aromatic carbocycles.